The van der Waals surface area contributed by atoms with Crippen LogP contribution in [0.5, 0.6) is 11.5 Å². The number of aromatic nitrogens is 1. The minimum atomic E-state index is -0.686. The van der Waals surface area contributed by atoms with Crippen LogP contribution in [0, 0.1) is 5.82 Å². The number of allylic oxidation sites excluding steroid dienone is 1. The molecule has 1 aromatic heterocycles. The van der Waals surface area contributed by atoms with Crippen molar-refractivity contribution in [1.29, 1.82) is 0 Å². The third-order valence-corrected chi connectivity index (χ3v) is 7.89. The van der Waals surface area contributed by atoms with Crippen LogP contribution in [0.25, 0.3) is 6.08 Å². The molecule has 1 atom stereocenters. The highest BCUT2D eigenvalue weighted by molar-refractivity contribution is 7.07. The number of benzene rings is 3. The van der Waals surface area contributed by atoms with Gasteiger partial charge < -0.3 is 14.2 Å². The van der Waals surface area contributed by atoms with Crippen molar-refractivity contribution in [2.75, 3.05) is 13.7 Å². The fourth-order valence-electron chi connectivity index (χ4n) is 4.61. The maximum Gasteiger partial charge on any atom is 0.338 e. The first-order valence-corrected chi connectivity index (χ1v) is 14.0. The van der Waals surface area contributed by atoms with Crippen molar-refractivity contribution in [2.24, 2.45) is 4.99 Å². The fraction of sp³-hybridized carbons (Fsp3) is 0.194. The molecule has 4 aromatic rings. The molecule has 0 aliphatic carbocycles. The van der Waals surface area contributed by atoms with Crippen LogP contribution in [0.2, 0.25) is 5.02 Å². The van der Waals surface area contributed by atoms with Crippen molar-refractivity contribution < 1.29 is 23.4 Å². The lowest BCUT2D eigenvalue weighted by Crippen LogP contribution is -2.39. The molecule has 0 saturated heterocycles. The van der Waals surface area contributed by atoms with Crippen LogP contribution in [-0.2, 0) is 16.1 Å². The van der Waals surface area contributed by atoms with Gasteiger partial charge in [0.2, 0.25) is 0 Å². The van der Waals surface area contributed by atoms with E-state index in [0.717, 1.165) is 5.56 Å². The van der Waals surface area contributed by atoms with Gasteiger partial charge in [0.05, 0.1) is 40.6 Å². The molecule has 7 nitrogen and oxygen atoms in total. The number of esters is 1. The molecule has 0 radical (unpaired) electrons. The number of hydrogen-bond acceptors (Lipinski definition) is 7. The summed E-state index contributed by atoms with van der Waals surface area (Å²) in [5, 5.41) is 0.256. The molecule has 10 heteroatoms. The maximum atomic E-state index is 14.3. The van der Waals surface area contributed by atoms with Gasteiger partial charge in [0, 0.05) is 5.56 Å². The first kappa shape index (κ1) is 28.3. The molecule has 0 amide bonds. The molecule has 0 unspecified atom stereocenters. The molecule has 1 aliphatic rings. The minimum absolute atomic E-state index is 0.111. The zero-order chi connectivity index (χ0) is 29.1. The minimum Gasteiger partial charge on any atom is -0.493 e. The molecule has 0 bridgehead atoms. The van der Waals surface area contributed by atoms with Gasteiger partial charge in [0.25, 0.3) is 5.56 Å². The van der Waals surface area contributed by atoms with Crippen molar-refractivity contribution in [3.63, 3.8) is 0 Å². The molecule has 1 aliphatic heterocycles. The molecular weight excluding hydrogens is 567 g/mol. The van der Waals surface area contributed by atoms with Gasteiger partial charge in [-0.2, -0.15) is 0 Å². The normalized spacial score (nSPS) is 14.9. The van der Waals surface area contributed by atoms with E-state index in [-0.39, 0.29) is 29.4 Å². The van der Waals surface area contributed by atoms with Gasteiger partial charge in [-0.3, -0.25) is 9.36 Å². The number of methoxy groups -OCH3 is 1. The van der Waals surface area contributed by atoms with Gasteiger partial charge in [-0.15, -0.1) is 0 Å². The van der Waals surface area contributed by atoms with Crippen LogP contribution in [0.1, 0.15) is 36.6 Å². The van der Waals surface area contributed by atoms with E-state index in [2.05, 4.69) is 4.99 Å². The highest BCUT2D eigenvalue weighted by atomic mass is 35.5. The molecule has 210 valence electrons. The predicted molar refractivity (Wildman–Crippen MR) is 156 cm³/mol. The van der Waals surface area contributed by atoms with E-state index in [1.807, 2.05) is 30.3 Å². The molecule has 3 aromatic carbocycles. The number of fused-ring (bicyclic) bond motifs is 1. The number of carbonyl (C=O) groups is 1. The summed E-state index contributed by atoms with van der Waals surface area (Å²) in [5.74, 6) is -0.186. The summed E-state index contributed by atoms with van der Waals surface area (Å²) >= 11 is 7.37. The number of hydrogen-bond donors (Lipinski definition) is 0. The Bertz CT molecular complexity index is 1810. The Balaban J connectivity index is 1.57. The van der Waals surface area contributed by atoms with E-state index < -0.39 is 17.8 Å². The average molecular weight is 593 g/mol. The molecule has 2 heterocycles. The largest absolute Gasteiger partial charge is 0.493 e. The quantitative estimate of drug-likeness (QED) is 0.264. The summed E-state index contributed by atoms with van der Waals surface area (Å²) in [6.07, 6.45) is 1.72. The summed E-state index contributed by atoms with van der Waals surface area (Å²) in [6, 6.07) is 18.3. The molecule has 41 heavy (non-hydrogen) atoms. The summed E-state index contributed by atoms with van der Waals surface area (Å²) in [4.78, 5) is 31.9. The van der Waals surface area contributed by atoms with E-state index in [4.69, 9.17) is 25.8 Å². The van der Waals surface area contributed by atoms with Gasteiger partial charge in [-0.1, -0.05) is 65.4 Å². The van der Waals surface area contributed by atoms with Gasteiger partial charge in [-0.25, -0.2) is 14.2 Å². The van der Waals surface area contributed by atoms with E-state index in [0.29, 0.717) is 37.7 Å². The lowest BCUT2D eigenvalue weighted by atomic mass is 9.96. The molecule has 0 spiro atoms. The van der Waals surface area contributed by atoms with Gasteiger partial charge >= 0.3 is 5.97 Å². The lowest BCUT2D eigenvalue weighted by Gasteiger charge is -2.24. The topological polar surface area (TPSA) is 79.1 Å². The Morgan fingerprint density at radius 1 is 1.12 bits per heavy atom. The van der Waals surface area contributed by atoms with Crippen LogP contribution in [-0.4, -0.2) is 24.3 Å². The molecular formula is C31H26ClFN2O5S. The van der Waals surface area contributed by atoms with E-state index in [1.54, 1.807) is 44.2 Å². The van der Waals surface area contributed by atoms with Crippen molar-refractivity contribution in [2.45, 2.75) is 26.5 Å². The first-order valence-electron chi connectivity index (χ1n) is 12.8. The van der Waals surface area contributed by atoms with Crippen LogP contribution >= 0.6 is 22.9 Å². The second-order valence-corrected chi connectivity index (χ2v) is 10.5. The Hall–Kier alpha value is -4.21. The number of thiazole rings is 1. The van der Waals surface area contributed by atoms with Crippen LogP contribution in [0.4, 0.5) is 4.39 Å². The van der Waals surface area contributed by atoms with Crippen molar-refractivity contribution in [3.05, 3.63) is 125 Å². The predicted octanol–water partition coefficient (Wildman–Crippen LogP) is 5.18. The van der Waals surface area contributed by atoms with Gasteiger partial charge in [0.1, 0.15) is 12.4 Å². The Kier molecular flexibility index (Phi) is 8.37. The smallest absolute Gasteiger partial charge is 0.338 e. The number of halogens is 2. The summed E-state index contributed by atoms with van der Waals surface area (Å²) < 4.78 is 32.9. The van der Waals surface area contributed by atoms with Crippen LogP contribution in [0.3, 0.4) is 0 Å². The second-order valence-electron chi connectivity index (χ2n) is 9.11. The van der Waals surface area contributed by atoms with Gasteiger partial charge in [0.15, 0.2) is 16.3 Å². The van der Waals surface area contributed by atoms with E-state index >= 15 is 0 Å². The van der Waals surface area contributed by atoms with Crippen molar-refractivity contribution in [1.82, 2.24) is 4.57 Å². The Morgan fingerprint density at radius 3 is 2.61 bits per heavy atom. The molecule has 5 rings (SSSR count). The summed E-state index contributed by atoms with van der Waals surface area (Å²) in [5.41, 5.74) is 2.17. The summed E-state index contributed by atoms with van der Waals surface area (Å²) in [6.45, 7) is 3.57. The Morgan fingerprint density at radius 2 is 1.90 bits per heavy atom. The van der Waals surface area contributed by atoms with E-state index in [1.165, 1.54) is 35.1 Å². The second kappa shape index (κ2) is 12.1. The highest BCUT2D eigenvalue weighted by Crippen LogP contribution is 2.32. The number of ether oxygens (including phenoxy) is 3. The Labute approximate surface area is 244 Å². The van der Waals surface area contributed by atoms with Crippen molar-refractivity contribution in [3.8, 4) is 11.5 Å². The zero-order valence-electron chi connectivity index (χ0n) is 22.5. The van der Waals surface area contributed by atoms with E-state index in [9.17, 15) is 14.0 Å². The zero-order valence-corrected chi connectivity index (χ0v) is 24.1. The highest BCUT2D eigenvalue weighted by Gasteiger charge is 2.33. The van der Waals surface area contributed by atoms with Crippen molar-refractivity contribution >= 4 is 35.0 Å². The molecule has 0 fully saturated rings. The monoisotopic (exact) mass is 592 g/mol. The number of rotatable bonds is 8. The lowest BCUT2D eigenvalue weighted by molar-refractivity contribution is -0.139. The third kappa shape index (κ3) is 5.68. The SMILES string of the molecule is CCOC(=O)C1=C(C)N=c2s/c(=C/c3ccc(OC)c(OCc4c(F)cccc4Cl)c3)c(=O)n2[C@H]1c1ccccc1. The summed E-state index contributed by atoms with van der Waals surface area (Å²) in [7, 11) is 1.50. The van der Waals surface area contributed by atoms with Crippen LogP contribution in [0.15, 0.2) is 87.8 Å². The van der Waals surface area contributed by atoms with Crippen LogP contribution < -0.4 is 24.4 Å². The molecule has 0 N–H and O–H groups in total. The number of nitrogens with zero attached hydrogens (tertiary/aromatic N) is 2. The number of carbonyl (C=O) groups excluding carboxylic acids is 1. The standard InChI is InChI=1S/C31H26ClFN2O5S/c1-4-39-30(37)27-18(2)34-31-35(28(27)20-9-6-5-7-10-20)29(36)26(41-31)16-19-13-14-24(38-3)25(15-19)40-17-21-22(32)11-8-12-23(21)33/h5-16,28H,4,17H2,1-3H3/b26-16+/t28-/m0/s1. The van der Waals surface area contributed by atoms with Gasteiger partial charge in [-0.05, 0) is 55.3 Å². The third-order valence-electron chi connectivity index (χ3n) is 6.55. The maximum absolute atomic E-state index is 14.3. The average Bonchev–Trinajstić information content (AvgIpc) is 3.26. The fourth-order valence-corrected chi connectivity index (χ4v) is 5.87. The molecule has 0 saturated carbocycles. The first-order chi connectivity index (χ1) is 19.8.